The molecule has 1 atom stereocenters. The van der Waals surface area contributed by atoms with Crippen molar-refractivity contribution in [2.24, 2.45) is 0 Å². The van der Waals surface area contributed by atoms with Crippen LogP contribution in [0.2, 0.25) is 0 Å². The van der Waals surface area contributed by atoms with Crippen molar-refractivity contribution < 1.29 is 23.8 Å². The number of hydrogen-bond acceptors (Lipinski definition) is 5. The molecule has 1 unspecified atom stereocenters. The summed E-state index contributed by atoms with van der Waals surface area (Å²) in [7, 11) is 1.54. The van der Waals surface area contributed by atoms with Gasteiger partial charge in [0.2, 0.25) is 0 Å². The smallest absolute Gasteiger partial charge is 0.300 e. The monoisotopic (exact) mass is 467 g/mol. The number of carbonyl (C=O) groups is 2. The lowest BCUT2D eigenvalue weighted by Gasteiger charge is -2.23. The number of methoxy groups -OCH3 is 1. The minimum absolute atomic E-state index is 0.0255. The number of benzene rings is 2. The molecular formula is C23H18BrNO5. The fourth-order valence-corrected chi connectivity index (χ4v) is 3.74. The summed E-state index contributed by atoms with van der Waals surface area (Å²) in [5, 5.41) is 11.0. The Hall–Kier alpha value is -3.32. The summed E-state index contributed by atoms with van der Waals surface area (Å²) in [5.74, 6) is -0.132. The number of Topliss-reactive ketones (excluding diaryl/α,β-unsaturated/α-hetero) is 1. The molecule has 6 nitrogen and oxygen atoms in total. The Morgan fingerprint density at radius 3 is 2.27 bits per heavy atom. The Balaban J connectivity index is 1.90. The number of aliphatic hydroxyl groups is 1. The second-order valence-electron chi connectivity index (χ2n) is 6.82. The summed E-state index contributed by atoms with van der Waals surface area (Å²) in [6.07, 6.45) is 0. The Labute approximate surface area is 181 Å². The minimum atomic E-state index is -0.887. The first-order valence-electron chi connectivity index (χ1n) is 9.18. The maximum absolute atomic E-state index is 13.0. The average molecular weight is 468 g/mol. The molecule has 2 aromatic carbocycles. The fraction of sp³-hybridized carbons (Fsp3) is 0.130. The van der Waals surface area contributed by atoms with Crippen molar-refractivity contribution in [3.05, 3.63) is 87.8 Å². The van der Waals surface area contributed by atoms with Crippen molar-refractivity contribution in [3.63, 3.8) is 0 Å². The molecule has 1 aromatic heterocycles. The molecule has 2 heterocycles. The molecule has 4 rings (SSSR count). The molecule has 1 aliphatic heterocycles. The summed E-state index contributed by atoms with van der Waals surface area (Å²) in [4.78, 5) is 27.3. The molecule has 1 fully saturated rings. The number of amides is 1. The van der Waals surface area contributed by atoms with Gasteiger partial charge in [0.25, 0.3) is 11.7 Å². The van der Waals surface area contributed by atoms with E-state index in [-0.39, 0.29) is 11.3 Å². The number of hydrogen-bond donors (Lipinski definition) is 1. The largest absolute Gasteiger partial charge is 0.507 e. The molecule has 0 bridgehead atoms. The zero-order valence-corrected chi connectivity index (χ0v) is 17.8. The highest BCUT2D eigenvalue weighted by Crippen LogP contribution is 2.42. The van der Waals surface area contributed by atoms with Crippen LogP contribution in [-0.2, 0) is 9.59 Å². The first-order valence-corrected chi connectivity index (χ1v) is 9.97. The van der Waals surface area contributed by atoms with Gasteiger partial charge in [-0.25, -0.2) is 0 Å². The zero-order valence-electron chi connectivity index (χ0n) is 16.3. The maximum Gasteiger partial charge on any atom is 0.300 e. The van der Waals surface area contributed by atoms with Gasteiger partial charge in [-0.1, -0.05) is 15.9 Å². The van der Waals surface area contributed by atoms with Crippen LogP contribution in [-0.4, -0.2) is 23.9 Å². The summed E-state index contributed by atoms with van der Waals surface area (Å²) in [5.41, 5.74) is 0.897. The third-order valence-corrected chi connectivity index (χ3v) is 5.47. The van der Waals surface area contributed by atoms with Gasteiger partial charge in [-0.05, 0) is 67.6 Å². The molecule has 1 saturated heterocycles. The average Bonchev–Trinajstić information content (AvgIpc) is 3.29. The first-order chi connectivity index (χ1) is 14.4. The number of carbonyl (C=O) groups excluding carboxylic acids is 2. The first kappa shape index (κ1) is 20.0. The van der Waals surface area contributed by atoms with Crippen molar-refractivity contribution in [1.82, 2.24) is 0 Å². The Morgan fingerprint density at radius 2 is 1.70 bits per heavy atom. The van der Waals surface area contributed by atoms with E-state index in [1.54, 1.807) is 67.6 Å². The van der Waals surface area contributed by atoms with Crippen LogP contribution in [0.5, 0.6) is 5.75 Å². The van der Waals surface area contributed by atoms with Crippen molar-refractivity contribution >= 4 is 39.1 Å². The van der Waals surface area contributed by atoms with Gasteiger partial charge < -0.3 is 14.3 Å². The van der Waals surface area contributed by atoms with Gasteiger partial charge in [0, 0.05) is 15.7 Å². The van der Waals surface area contributed by atoms with Crippen LogP contribution in [0.4, 0.5) is 5.69 Å². The number of ether oxygens (including phenoxy) is 1. The summed E-state index contributed by atoms with van der Waals surface area (Å²) < 4.78 is 11.8. The van der Waals surface area contributed by atoms with Gasteiger partial charge in [0.15, 0.2) is 0 Å². The van der Waals surface area contributed by atoms with Crippen LogP contribution < -0.4 is 9.64 Å². The third-order valence-electron chi connectivity index (χ3n) is 4.94. The predicted octanol–water partition coefficient (Wildman–Crippen LogP) is 4.99. The molecule has 7 heteroatoms. The van der Waals surface area contributed by atoms with Crippen molar-refractivity contribution in [2.75, 3.05) is 12.0 Å². The van der Waals surface area contributed by atoms with Gasteiger partial charge in [0.05, 0.1) is 12.7 Å². The number of ketones is 1. The van der Waals surface area contributed by atoms with E-state index in [1.165, 1.54) is 12.0 Å². The van der Waals surface area contributed by atoms with E-state index >= 15 is 0 Å². The predicted molar refractivity (Wildman–Crippen MR) is 115 cm³/mol. The second kappa shape index (κ2) is 7.84. The van der Waals surface area contributed by atoms with E-state index in [0.717, 1.165) is 4.47 Å². The fourth-order valence-electron chi connectivity index (χ4n) is 3.47. The van der Waals surface area contributed by atoms with Gasteiger partial charge in [-0.3, -0.25) is 14.5 Å². The Bertz CT molecular complexity index is 1150. The number of nitrogens with zero attached hydrogens (tertiary/aromatic N) is 1. The molecule has 152 valence electrons. The normalized spacial score (nSPS) is 18.1. The molecule has 30 heavy (non-hydrogen) atoms. The highest BCUT2D eigenvalue weighted by Gasteiger charge is 2.48. The molecule has 1 aliphatic rings. The Morgan fingerprint density at radius 1 is 1.03 bits per heavy atom. The second-order valence-corrected chi connectivity index (χ2v) is 7.74. The summed E-state index contributed by atoms with van der Waals surface area (Å²) >= 11 is 3.37. The molecule has 1 amide bonds. The van der Waals surface area contributed by atoms with Gasteiger partial charge in [-0.15, -0.1) is 0 Å². The topological polar surface area (TPSA) is 80.0 Å². The van der Waals surface area contributed by atoms with Crippen molar-refractivity contribution in [1.29, 1.82) is 0 Å². The van der Waals surface area contributed by atoms with Crippen LogP contribution in [0.15, 0.2) is 75.1 Å². The molecule has 0 spiro atoms. The van der Waals surface area contributed by atoms with E-state index < -0.39 is 17.7 Å². The van der Waals surface area contributed by atoms with Crippen LogP contribution in [0.25, 0.3) is 5.76 Å². The lowest BCUT2D eigenvalue weighted by atomic mass is 9.99. The van der Waals surface area contributed by atoms with Crippen molar-refractivity contribution in [2.45, 2.75) is 13.0 Å². The SMILES string of the molecule is COc1ccc(/C(O)=C2/C(=O)C(=O)N(c3ccc(Br)cc3)C2c2ccc(C)o2)cc1. The third kappa shape index (κ3) is 3.41. The lowest BCUT2D eigenvalue weighted by Crippen LogP contribution is -2.29. The number of aliphatic hydroxyl groups excluding tert-OH is 1. The van der Waals surface area contributed by atoms with Gasteiger partial charge in [-0.2, -0.15) is 0 Å². The van der Waals surface area contributed by atoms with Crippen LogP contribution in [0, 0.1) is 6.92 Å². The number of halogens is 1. The number of rotatable bonds is 4. The van der Waals surface area contributed by atoms with E-state index in [9.17, 15) is 14.7 Å². The standard InChI is InChI=1S/C23H18BrNO5/c1-13-3-12-18(30-13)20-19(21(26)14-4-10-17(29-2)11-5-14)22(27)23(28)25(20)16-8-6-15(24)7-9-16/h3-12,20,26H,1-2H3/b21-19-. The Kier molecular flexibility index (Phi) is 5.22. The molecule has 3 aromatic rings. The zero-order chi connectivity index (χ0) is 21.4. The lowest BCUT2D eigenvalue weighted by molar-refractivity contribution is -0.132. The quantitative estimate of drug-likeness (QED) is 0.332. The van der Waals surface area contributed by atoms with Crippen LogP contribution >= 0.6 is 15.9 Å². The minimum Gasteiger partial charge on any atom is -0.507 e. The van der Waals surface area contributed by atoms with Crippen LogP contribution in [0.1, 0.15) is 23.1 Å². The van der Waals surface area contributed by atoms with E-state index in [0.29, 0.717) is 28.5 Å². The van der Waals surface area contributed by atoms with Crippen LogP contribution in [0.3, 0.4) is 0 Å². The van der Waals surface area contributed by atoms with E-state index in [2.05, 4.69) is 15.9 Å². The maximum atomic E-state index is 13.0. The summed E-state index contributed by atoms with van der Waals surface area (Å²) in [6, 6.07) is 16.2. The van der Waals surface area contributed by atoms with Gasteiger partial charge >= 0.3 is 0 Å². The number of furan rings is 1. The highest BCUT2D eigenvalue weighted by molar-refractivity contribution is 9.10. The van der Waals surface area contributed by atoms with Crippen molar-refractivity contribution in [3.8, 4) is 5.75 Å². The van der Waals surface area contributed by atoms with E-state index in [4.69, 9.17) is 9.15 Å². The highest BCUT2D eigenvalue weighted by atomic mass is 79.9. The molecule has 0 aliphatic carbocycles. The van der Waals surface area contributed by atoms with E-state index in [1.807, 2.05) is 0 Å². The number of anilines is 1. The molecular weight excluding hydrogens is 450 g/mol. The molecule has 1 N–H and O–H groups in total. The summed E-state index contributed by atoms with van der Waals surface area (Å²) in [6.45, 7) is 1.78. The van der Waals surface area contributed by atoms with Gasteiger partial charge in [0.1, 0.15) is 29.1 Å². The molecule has 0 radical (unpaired) electrons. The number of aryl methyl sites for hydroxylation is 1. The molecule has 0 saturated carbocycles.